The number of furan rings is 1. The SMILES string of the molecule is c1ccc2c(-c3c4ccccc4c(-c4ccc5cc(-c6ccc7c(ccc8c9ccc%10ccccc%10c9oc78)c6)ccc5c4)c4ccccc34)cccc2c1. The van der Waals surface area contributed by atoms with Crippen molar-refractivity contribution < 1.29 is 4.42 Å². The maximum Gasteiger partial charge on any atom is 0.143 e. The molecule has 0 fully saturated rings. The third-order valence-electron chi connectivity index (χ3n) is 11.8. The third-order valence-corrected chi connectivity index (χ3v) is 11.8. The van der Waals surface area contributed by atoms with Crippen LogP contribution in [-0.2, 0) is 0 Å². The first-order valence-electron chi connectivity index (χ1n) is 19.0. The Balaban J connectivity index is 0.981. The number of rotatable bonds is 3. The Labute approximate surface area is 317 Å². The summed E-state index contributed by atoms with van der Waals surface area (Å²) in [6, 6.07) is 71.1. The van der Waals surface area contributed by atoms with E-state index < -0.39 is 0 Å². The van der Waals surface area contributed by atoms with Crippen molar-refractivity contribution in [1.82, 2.24) is 0 Å². The molecule has 1 heterocycles. The van der Waals surface area contributed by atoms with Gasteiger partial charge >= 0.3 is 0 Å². The predicted molar refractivity (Wildman–Crippen MR) is 235 cm³/mol. The lowest BCUT2D eigenvalue weighted by Gasteiger charge is -2.19. The van der Waals surface area contributed by atoms with Crippen molar-refractivity contribution in [3.05, 3.63) is 194 Å². The van der Waals surface area contributed by atoms with Crippen molar-refractivity contribution in [1.29, 1.82) is 0 Å². The van der Waals surface area contributed by atoms with Crippen LogP contribution in [0.5, 0.6) is 0 Å². The molecule has 0 saturated carbocycles. The fourth-order valence-corrected chi connectivity index (χ4v) is 9.22. The average molecular weight is 697 g/mol. The van der Waals surface area contributed by atoms with Crippen LogP contribution in [0.3, 0.4) is 0 Å². The zero-order valence-corrected chi connectivity index (χ0v) is 29.9. The molecular formula is C54H32O. The highest BCUT2D eigenvalue weighted by atomic mass is 16.3. The molecule has 0 amide bonds. The standard InChI is InChI=1S/C54H32O/c1-3-13-41-33(10-1)12-9-19-44(41)52-47-17-7-5-15-45(47)51(46-16-6-8-18-48(46)52)40-23-22-36-30-35(20-21-37(36)32-40)38-25-27-43-39(31-38)26-29-50-49-28-24-34-11-2-4-14-42(34)53(49)55-54(43)50/h1-32H. The summed E-state index contributed by atoms with van der Waals surface area (Å²) in [7, 11) is 0. The molecule has 0 bridgehead atoms. The summed E-state index contributed by atoms with van der Waals surface area (Å²) in [6.07, 6.45) is 0. The second-order valence-electron chi connectivity index (χ2n) is 14.8. The minimum Gasteiger partial charge on any atom is -0.455 e. The molecule has 11 aromatic carbocycles. The van der Waals surface area contributed by atoms with Crippen molar-refractivity contribution in [2.24, 2.45) is 0 Å². The highest BCUT2D eigenvalue weighted by Gasteiger charge is 2.18. The smallest absolute Gasteiger partial charge is 0.143 e. The van der Waals surface area contributed by atoms with Gasteiger partial charge in [-0.3, -0.25) is 0 Å². The summed E-state index contributed by atoms with van der Waals surface area (Å²) in [5.74, 6) is 0. The molecule has 55 heavy (non-hydrogen) atoms. The first kappa shape index (κ1) is 30.3. The van der Waals surface area contributed by atoms with E-state index in [1.165, 1.54) is 87.2 Å². The molecule has 254 valence electrons. The molecular weight excluding hydrogens is 665 g/mol. The summed E-state index contributed by atoms with van der Waals surface area (Å²) < 4.78 is 6.63. The minimum atomic E-state index is 0.951. The Morgan fingerprint density at radius 1 is 0.236 bits per heavy atom. The molecule has 0 saturated heterocycles. The van der Waals surface area contributed by atoms with E-state index in [1.807, 2.05) is 0 Å². The van der Waals surface area contributed by atoms with Crippen molar-refractivity contribution in [2.45, 2.75) is 0 Å². The van der Waals surface area contributed by atoms with Gasteiger partial charge in [0.05, 0.1) is 0 Å². The minimum absolute atomic E-state index is 0.951. The first-order valence-corrected chi connectivity index (χ1v) is 19.0. The topological polar surface area (TPSA) is 13.1 Å². The largest absolute Gasteiger partial charge is 0.455 e. The molecule has 0 N–H and O–H groups in total. The van der Waals surface area contributed by atoms with E-state index in [9.17, 15) is 0 Å². The van der Waals surface area contributed by atoms with Crippen LogP contribution in [0, 0.1) is 0 Å². The first-order chi connectivity index (χ1) is 27.3. The quantitative estimate of drug-likeness (QED) is 0.168. The van der Waals surface area contributed by atoms with Crippen molar-refractivity contribution in [3.8, 4) is 33.4 Å². The van der Waals surface area contributed by atoms with Crippen LogP contribution in [-0.4, -0.2) is 0 Å². The van der Waals surface area contributed by atoms with Gasteiger partial charge in [0.2, 0.25) is 0 Å². The average Bonchev–Trinajstić information content (AvgIpc) is 3.65. The zero-order valence-electron chi connectivity index (χ0n) is 29.9. The molecule has 1 aromatic heterocycles. The lowest BCUT2D eigenvalue weighted by atomic mass is 9.84. The number of fused-ring (bicyclic) bond motifs is 11. The summed E-state index contributed by atoms with van der Waals surface area (Å²) in [4.78, 5) is 0. The fourth-order valence-electron chi connectivity index (χ4n) is 9.22. The Kier molecular flexibility index (Phi) is 6.40. The van der Waals surface area contributed by atoms with E-state index in [2.05, 4.69) is 194 Å². The van der Waals surface area contributed by atoms with Gasteiger partial charge in [0.1, 0.15) is 11.2 Å². The maximum atomic E-state index is 6.63. The molecule has 12 rings (SSSR count). The Morgan fingerprint density at radius 2 is 0.655 bits per heavy atom. The Morgan fingerprint density at radius 3 is 1.33 bits per heavy atom. The van der Waals surface area contributed by atoms with E-state index in [0.717, 1.165) is 32.7 Å². The number of benzene rings is 11. The van der Waals surface area contributed by atoms with Gasteiger partial charge in [-0.1, -0.05) is 158 Å². The van der Waals surface area contributed by atoms with E-state index >= 15 is 0 Å². The van der Waals surface area contributed by atoms with Crippen LogP contribution >= 0.6 is 0 Å². The molecule has 0 spiro atoms. The van der Waals surface area contributed by atoms with Crippen LogP contribution in [0.4, 0.5) is 0 Å². The van der Waals surface area contributed by atoms with Crippen LogP contribution in [0.25, 0.3) is 120 Å². The molecule has 0 unspecified atom stereocenters. The maximum absolute atomic E-state index is 6.63. The van der Waals surface area contributed by atoms with Gasteiger partial charge in [-0.2, -0.15) is 0 Å². The predicted octanol–water partition coefficient (Wildman–Crippen LogP) is 15.5. The molecule has 0 aliphatic heterocycles. The van der Waals surface area contributed by atoms with Gasteiger partial charge in [-0.05, 0) is 124 Å². The second-order valence-corrected chi connectivity index (χ2v) is 14.8. The van der Waals surface area contributed by atoms with Crippen LogP contribution < -0.4 is 0 Å². The number of hydrogen-bond acceptors (Lipinski definition) is 1. The van der Waals surface area contributed by atoms with E-state index in [4.69, 9.17) is 4.42 Å². The van der Waals surface area contributed by atoms with Gasteiger partial charge in [0.15, 0.2) is 0 Å². The van der Waals surface area contributed by atoms with Gasteiger partial charge in [-0.25, -0.2) is 0 Å². The molecule has 0 aliphatic carbocycles. The van der Waals surface area contributed by atoms with Gasteiger partial charge < -0.3 is 4.42 Å². The second kappa shape index (κ2) is 11.6. The van der Waals surface area contributed by atoms with E-state index in [-0.39, 0.29) is 0 Å². The number of hydrogen-bond donors (Lipinski definition) is 0. The normalized spacial score (nSPS) is 12.0. The third kappa shape index (κ3) is 4.54. The molecule has 1 nitrogen and oxygen atoms in total. The fraction of sp³-hybridized carbons (Fsp3) is 0. The molecule has 0 atom stereocenters. The zero-order chi connectivity index (χ0) is 36.0. The van der Waals surface area contributed by atoms with Crippen molar-refractivity contribution in [3.63, 3.8) is 0 Å². The lowest BCUT2D eigenvalue weighted by Crippen LogP contribution is -1.91. The lowest BCUT2D eigenvalue weighted by molar-refractivity contribution is 0.676. The summed E-state index contributed by atoms with van der Waals surface area (Å²) >= 11 is 0. The van der Waals surface area contributed by atoms with Crippen molar-refractivity contribution in [2.75, 3.05) is 0 Å². The molecule has 12 aromatic rings. The monoisotopic (exact) mass is 696 g/mol. The van der Waals surface area contributed by atoms with Gasteiger partial charge in [0.25, 0.3) is 0 Å². The molecule has 0 aliphatic rings. The highest BCUT2D eigenvalue weighted by Crippen LogP contribution is 2.46. The van der Waals surface area contributed by atoms with Crippen LogP contribution in [0.2, 0.25) is 0 Å². The van der Waals surface area contributed by atoms with E-state index in [1.54, 1.807) is 0 Å². The van der Waals surface area contributed by atoms with Crippen LogP contribution in [0.1, 0.15) is 0 Å². The van der Waals surface area contributed by atoms with Crippen molar-refractivity contribution >= 4 is 86.6 Å². The van der Waals surface area contributed by atoms with E-state index in [0.29, 0.717) is 0 Å². The summed E-state index contributed by atoms with van der Waals surface area (Å²) in [5.41, 5.74) is 9.38. The Bertz CT molecular complexity index is 3490. The van der Waals surface area contributed by atoms with Gasteiger partial charge in [0, 0.05) is 21.5 Å². The molecule has 1 heteroatoms. The van der Waals surface area contributed by atoms with Crippen LogP contribution in [0.15, 0.2) is 199 Å². The van der Waals surface area contributed by atoms with Gasteiger partial charge in [-0.15, -0.1) is 0 Å². The summed E-state index contributed by atoms with van der Waals surface area (Å²) in [5, 5.41) is 17.0. The highest BCUT2D eigenvalue weighted by molar-refractivity contribution is 6.24. The molecule has 0 radical (unpaired) electrons. The Hall–Kier alpha value is -7.22. The summed E-state index contributed by atoms with van der Waals surface area (Å²) in [6.45, 7) is 0.